The summed E-state index contributed by atoms with van der Waals surface area (Å²) < 4.78 is 18.7. The van der Waals surface area contributed by atoms with Crippen LogP contribution in [-0.4, -0.2) is 46.9 Å². The predicted molar refractivity (Wildman–Crippen MR) is 72.5 cm³/mol. The highest BCUT2D eigenvalue weighted by Gasteiger charge is 2.28. The smallest absolute Gasteiger partial charge is 0.273 e. The van der Waals surface area contributed by atoms with E-state index in [1.165, 1.54) is 4.90 Å². The maximum absolute atomic E-state index is 13.4. The average molecular weight is 347 g/mol. The van der Waals surface area contributed by atoms with Gasteiger partial charge in [-0.15, -0.1) is 0 Å². The van der Waals surface area contributed by atoms with Crippen molar-refractivity contribution in [1.29, 1.82) is 0 Å². The molecule has 0 bridgehead atoms. The van der Waals surface area contributed by atoms with E-state index in [4.69, 9.17) is 4.74 Å². The van der Waals surface area contributed by atoms with Crippen LogP contribution in [-0.2, 0) is 4.74 Å². The second-order valence-electron chi connectivity index (χ2n) is 4.34. The molecule has 8 heteroatoms. The fraction of sp³-hybridized carbons (Fsp3) is 0.417. The third-order valence-electron chi connectivity index (χ3n) is 3.01. The molecule has 1 aromatic carbocycles. The lowest BCUT2D eigenvalue weighted by atomic mass is 10.1. The third-order valence-corrected chi connectivity index (χ3v) is 3.75. The first-order valence-corrected chi connectivity index (χ1v) is 7.04. The van der Waals surface area contributed by atoms with Gasteiger partial charge < -0.3 is 9.64 Å². The first-order valence-electron chi connectivity index (χ1n) is 5.92. The number of amides is 1. The van der Waals surface area contributed by atoms with Gasteiger partial charge in [-0.1, -0.05) is 15.9 Å². The fourth-order valence-electron chi connectivity index (χ4n) is 2.02. The molecule has 0 saturated carbocycles. The molecule has 0 aliphatic carbocycles. The average Bonchev–Trinajstić information content (AvgIpc) is 2.45. The number of nitro groups is 1. The zero-order chi connectivity index (χ0) is 14.7. The van der Waals surface area contributed by atoms with E-state index >= 15 is 0 Å². The van der Waals surface area contributed by atoms with Crippen LogP contribution in [0.4, 0.5) is 10.1 Å². The van der Waals surface area contributed by atoms with Gasteiger partial charge in [-0.25, -0.2) is 4.39 Å². The Morgan fingerprint density at radius 3 is 2.95 bits per heavy atom. The summed E-state index contributed by atoms with van der Waals surface area (Å²) in [4.78, 5) is 23.9. The molecule has 1 aliphatic rings. The van der Waals surface area contributed by atoms with Gasteiger partial charge in [0.25, 0.3) is 11.6 Å². The van der Waals surface area contributed by atoms with Crippen molar-refractivity contribution in [1.82, 2.24) is 4.90 Å². The van der Waals surface area contributed by atoms with Crippen molar-refractivity contribution in [2.75, 3.05) is 25.1 Å². The SMILES string of the molecule is O=C(c1cc(F)cc([N+](=O)[O-])c1)N1CCOCC1CBr. The van der Waals surface area contributed by atoms with Crippen LogP contribution in [0.2, 0.25) is 0 Å². The second-order valence-corrected chi connectivity index (χ2v) is 4.98. The number of ether oxygens (including phenoxy) is 1. The number of carbonyl (C=O) groups is 1. The highest BCUT2D eigenvalue weighted by molar-refractivity contribution is 9.09. The van der Waals surface area contributed by atoms with E-state index in [1.54, 1.807) is 0 Å². The second kappa shape index (κ2) is 6.27. The van der Waals surface area contributed by atoms with Crippen molar-refractivity contribution < 1.29 is 18.8 Å². The lowest BCUT2D eigenvalue weighted by molar-refractivity contribution is -0.385. The standard InChI is InChI=1S/C12H12BrFN2O4/c13-6-11-7-20-2-1-15(11)12(17)8-3-9(14)5-10(4-8)16(18)19/h3-5,11H,1-2,6-7H2. The van der Waals surface area contributed by atoms with Crippen molar-refractivity contribution >= 4 is 27.5 Å². The molecule has 20 heavy (non-hydrogen) atoms. The number of benzene rings is 1. The van der Waals surface area contributed by atoms with Crippen LogP contribution in [0.5, 0.6) is 0 Å². The maximum Gasteiger partial charge on any atom is 0.273 e. The van der Waals surface area contributed by atoms with Gasteiger partial charge >= 0.3 is 0 Å². The van der Waals surface area contributed by atoms with Crippen molar-refractivity contribution in [3.8, 4) is 0 Å². The molecule has 0 spiro atoms. The number of halogens is 2. The van der Waals surface area contributed by atoms with Crippen LogP contribution in [0.15, 0.2) is 18.2 Å². The summed E-state index contributed by atoms with van der Waals surface area (Å²) in [5.74, 6) is -1.23. The monoisotopic (exact) mass is 346 g/mol. The molecular formula is C12H12BrFN2O4. The van der Waals surface area contributed by atoms with Gasteiger partial charge in [0.15, 0.2) is 0 Å². The van der Waals surface area contributed by atoms with E-state index in [2.05, 4.69) is 15.9 Å². The number of alkyl halides is 1. The number of hydrogen-bond acceptors (Lipinski definition) is 4. The number of non-ortho nitro benzene ring substituents is 1. The number of rotatable bonds is 3. The topological polar surface area (TPSA) is 72.7 Å². The third kappa shape index (κ3) is 3.13. The Labute approximate surface area is 122 Å². The van der Waals surface area contributed by atoms with E-state index < -0.39 is 22.3 Å². The first-order chi connectivity index (χ1) is 9.52. The molecule has 1 saturated heterocycles. The predicted octanol–water partition coefficient (Wildman–Crippen LogP) is 1.97. The van der Waals surface area contributed by atoms with Crippen molar-refractivity contribution in [2.24, 2.45) is 0 Å². The molecule has 0 N–H and O–H groups in total. The summed E-state index contributed by atoms with van der Waals surface area (Å²) >= 11 is 3.29. The Hall–Kier alpha value is -1.54. The van der Waals surface area contributed by atoms with Gasteiger partial charge in [-0.05, 0) is 6.07 Å². The van der Waals surface area contributed by atoms with Gasteiger partial charge in [0.2, 0.25) is 0 Å². The van der Waals surface area contributed by atoms with Crippen LogP contribution in [0.1, 0.15) is 10.4 Å². The van der Waals surface area contributed by atoms with E-state index in [0.717, 1.165) is 18.2 Å². The number of morpholine rings is 1. The minimum Gasteiger partial charge on any atom is -0.377 e. The molecule has 1 aliphatic heterocycles. The minimum atomic E-state index is -0.800. The van der Waals surface area contributed by atoms with Gasteiger partial charge in [-0.2, -0.15) is 0 Å². The highest BCUT2D eigenvalue weighted by atomic mass is 79.9. The summed E-state index contributed by atoms with van der Waals surface area (Å²) in [6.45, 7) is 1.15. The van der Waals surface area contributed by atoms with E-state index in [9.17, 15) is 19.3 Å². The zero-order valence-electron chi connectivity index (χ0n) is 10.4. The quantitative estimate of drug-likeness (QED) is 0.476. The van der Waals surface area contributed by atoms with Gasteiger partial charge in [0.1, 0.15) is 5.82 Å². The molecule has 1 amide bonds. The lowest BCUT2D eigenvalue weighted by Crippen LogP contribution is -2.49. The Morgan fingerprint density at radius 2 is 2.30 bits per heavy atom. The fourth-order valence-corrected chi connectivity index (χ4v) is 2.56. The van der Waals surface area contributed by atoms with Gasteiger partial charge in [0.05, 0.1) is 30.2 Å². The molecule has 108 valence electrons. The van der Waals surface area contributed by atoms with Gasteiger partial charge in [0, 0.05) is 23.5 Å². The molecule has 0 radical (unpaired) electrons. The largest absolute Gasteiger partial charge is 0.377 e. The maximum atomic E-state index is 13.4. The first kappa shape index (κ1) is 14.9. The molecule has 0 aromatic heterocycles. The summed E-state index contributed by atoms with van der Waals surface area (Å²) in [6, 6.07) is 2.72. The molecule has 1 unspecified atom stereocenters. The lowest BCUT2D eigenvalue weighted by Gasteiger charge is -2.34. The van der Waals surface area contributed by atoms with Crippen LogP contribution in [0, 0.1) is 15.9 Å². The van der Waals surface area contributed by atoms with Crippen molar-refractivity contribution in [2.45, 2.75) is 6.04 Å². The van der Waals surface area contributed by atoms with Crippen molar-refractivity contribution in [3.05, 3.63) is 39.7 Å². The van der Waals surface area contributed by atoms with E-state index in [-0.39, 0.29) is 11.6 Å². The molecule has 1 fully saturated rings. The van der Waals surface area contributed by atoms with Crippen molar-refractivity contribution in [3.63, 3.8) is 0 Å². The number of nitrogens with zero attached hydrogens (tertiary/aromatic N) is 2. The summed E-state index contributed by atoms with van der Waals surface area (Å²) in [7, 11) is 0. The number of hydrogen-bond donors (Lipinski definition) is 0. The molecule has 1 heterocycles. The Kier molecular flexibility index (Phi) is 4.66. The Balaban J connectivity index is 2.30. The van der Waals surface area contributed by atoms with Crippen LogP contribution in [0.3, 0.4) is 0 Å². The summed E-state index contributed by atoms with van der Waals surface area (Å²) in [5, 5.41) is 11.2. The Morgan fingerprint density at radius 1 is 1.55 bits per heavy atom. The Bertz CT molecular complexity index is 540. The summed E-state index contributed by atoms with van der Waals surface area (Å²) in [5.41, 5.74) is -0.457. The number of nitro benzene ring substituents is 1. The normalized spacial score (nSPS) is 18.9. The van der Waals surface area contributed by atoms with Gasteiger partial charge in [-0.3, -0.25) is 14.9 Å². The zero-order valence-corrected chi connectivity index (χ0v) is 12.0. The molecule has 6 nitrogen and oxygen atoms in total. The summed E-state index contributed by atoms with van der Waals surface area (Å²) in [6.07, 6.45) is 0. The van der Waals surface area contributed by atoms with E-state index in [0.29, 0.717) is 25.1 Å². The molecule has 2 rings (SSSR count). The minimum absolute atomic E-state index is 0.0236. The molecule has 1 atom stereocenters. The van der Waals surface area contributed by atoms with Crippen LogP contribution < -0.4 is 0 Å². The van der Waals surface area contributed by atoms with Crippen LogP contribution in [0.25, 0.3) is 0 Å². The molecule has 1 aromatic rings. The molecular weight excluding hydrogens is 335 g/mol. The number of carbonyl (C=O) groups excluding carboxylic acids is 1. The van der Waals surface area contributed by atoms with E-state index in [1.807, 2.05) is 0 Å². The van der Waals surface area contributed by atoms with Crippen LogP contribution >= 0.6 is 15.9 Å². The highest BCUT2D eigenvalue weighted by Crippen LogP contribution is 2.20.